The summed E-state index contributed by atoms with van der Waals surface area (Å²) in [6.07, 6.45) is 2.37. The number of methoxy groups -OCH3 is 1. The lowest BCUT2D eigenvalue weighted by Crippen LogP contribution is -2.59. The van der Waals surface area contributed by atoms with E-state index in [2.05, 4.69) is 0 Å². The topological polar surface area (TPSA) is 110 Å². The maximum Gasteiger partial charge on any atom is 0.326 e. The lowest BCUT2D eigenvalue weighted by molar-refractivity contribution is -0.184. The van der Waals surface area contributed by atoms with Crippen molar-refractivity contribution in [3.63, 3.8) is 0 Å². The maximum atomic E-state index is 13.1. The molecule has 1 N–H and O–H groups in total. The Labute approximate surface area is 165 Å². The second kappa shape index (κ2) is 9.13. The maximum absolute atomic E-state index is 13.1. The largest absolute Gasteiger partial charge is 0.480 e. The molecule has 0 aromatic rings. The number of hydrogen-bond acceptors (Lipinski definition) is 6. The Morgan fingerprint density at radius 1 is 1.21 bits per heavy atom. The Morgan fingerprint density at radius 3 is 2.46 bits per heavy atom. The third-order valence-electron chi connectivity index (χ3n) is 6.18. The van der Waals surface area contributed by atoms with E-state index in [9.17, 15) is 24.3 Å². The molecule has 0 unspecified atom stereocenters. The summed E-state index contributed by atoms with van der Waals surface area (Å²) >= 11 is 0. The molecular formula is C20H31NO7. The van der Waals surface area contributed by atoms with E-state index >= 15 is 0 Å². The highest BCUT2D eigenvalue weighted by Gasteiger charge is 2.50. The van der Waals surface area contributed by atoms with Gasteiger partial charge >= 0.3 is 5.97 Å². The molecule has 2 saturated heterocycles. The monoisotopic (exact) mass is 397 g/mol. The number of carbonyl (C=O) groups is 4. The summed E-state index contributed by atoms with van der Waals surface area (Å²) < 4.78 is 11.3. The molecule has 5 atom stereocenters. The van der Waals surface area contributed by atoms with Gasteiger partial charge in [-0.25, -0.2) is 4.79 Å². The highest BCUT2D eigenvalue weighted by atomic mass is 16.5. The number of rotatable bonds is 7. The van der Waals surface area contributed by atoms with E-state index in [0.29, 0.717) is 38.5 Å². The van der Waals surface area contributed by atoms with Crippen molar-refractivity contribution in [2.75, 3.05) is 13.7 Å². The Kier molecular flexibility index (Phi) is 7.33. The number of carbonyl (C=O) groups excluding carboxylic acids is 3. The van der Waals surface area contributed by atoms with Crippen molar-refractivity contribution < 1.29 is 33.8 Å². The van der Waals surface area contributed by atoms with Crippen LogP contribution in [0, 0.1) is 5.92 Å². The molecule has 2 aliphatic rings. The summed E-state index contributed by atoms with van der Waals surface area (Å²) in [4.78, 5) is 50.4. The van der Waals surface area contributed by atoms with Gasteiger partial charge in [0.05, 0.1) is 6.10 Å². The van der Waals surface area contributed by atoms with E-state index in [1.165, 1.54) is 18.9 Å². The molecule has 1 amide bonds. The zero-order valence-corrected chi connectivity index (χ0v) is 17.1. The predicted molar refractivity (Wildman–Crippen MR) is 99.8 cm³/mol. The number of nitrogens with zero attached hydrogens (tertiary/aromatic N) is 1. The van der Waals surface area contributed by atoms with E-state index < -0.39 is 35.4 Å². The Balaban J connectivity index is 2.17. The summed E-state index contributed by atoms with van der Waals surface area (Å²) in [5.74, 6) is -2.92. The first-order chi connectivity index (χ1) is 13.1. The van der Waals surface area contributed by atoms with Crippen molar-refractivity contribution in [2.45, 2.75) is 83.1 Å². The zero-order valence-electron chi connectivity index (χ0n) is 17.1. The summed E-state index contributed by atoms with van der Waals surface area (Å²) in [6, 6.07) is -0.973. The van der Waals surface area contributed by atoms with Gasteiger partial charge in [-0.3, -0.25) is 14.4 Å². The number of piperidine rings is 1. The van der Waals surface area contributed by atoms with Crippen LogP contribution in [0.5, 0.6) is 0 Å². The molecular weight excluding hydrogens is 366 g/mol. The number of carboxylic acids is 1. The summed E-state index contributed by atoms with van der Waals surface area (Å²) in [5.41, 5.74) is -1.35. The van der Waals surface area contributed by atoms with Crippen LogP contribution in [0.1, 0.15) is 59.3 Å². The molecule has 8 heteroatoms. The number of Topliss-reactive ketones (excluding diaryl/α,β-unsaturated/α-hetero) is 2. The van der Waals surface area contributed by atoms with Crippen LogP contribution in [0.3, 0.4) is 0 Å². The standard InChI is InChI=1S/C20H31NO7/c1-12-8-9-14(11-16(27-4)13(2)22)28-20(12,3)17(23)18(24)21-10-6-5-7-15(21)19(25)26/h12,14-16H,5-11H2,1-4H3,(H,25,26)/t12-,14+,15+,16+,20-/m1/s1. The van der Waals surface area contributed by atoms with Crippen molar-refractivity contribution in [3.05, 3.63) is 0 Å². The normalized spacial score (nSPS) is 31.9. The van der Waals surface area contributed by atoms with Gasteiger partial charge in [-0.2, -0.15) is 0 Å². The molecule has 2 rings (SSSR count). The molecule has 2 aliphatic heterocycles. The number of ketones is 2. The minimum absolute atomic E-state index is 0.119. The Bertz CT molecular complexity index is 634. The molecule has 8 nitrogen and oxygen atoms in total. The van der Waals surface area contributed by atoms with Crippen molar-refractivity contribution >= 4 is 23.4 Å². The van der Waals surface area contributed by atoms with Gasteiger partial charge in [0.1, 0.15) is 17.7 Å². The van der Waals surface area contributed by atoms with Crippen LogP contribution < -0.4 is 0 Å². The predicted octanol–water partition coefficient (Wildman–Crippen LogP) is 1.59. The van der Waals surface area contributed by atoms with E-state index in [1.54, 1.807) is 6.92 Å². The number of ether oxygens (including phenoxy) is 2. The van der Waals surface area contributed by atoms with E-state index in [0.717, 1.165) is 0 Å². The molecule has 2 fully saturated rings. The Hall–Kier alpha value is -1.80. The fourth-order valence-corrected chi connectivity index (χ4v) is 4.12. The molecule has 0 aliphatic carbocycles. The van der Waals surface area contributed by atoms with Crippen LogP contribution in [0.15, 0.2) is 0 Å². The van der Waals surface area contributed by atoms with Crippen molar-refractivity contribution in [1.82, 2.24) is 4.90 Å². The van der Waals surface area contributed by atoms with Crippen LogP contribution in [0.25, 0.3) is 0 Å². The number of carboxylic acid groups (broad SMARTS) is 1. The van der Waals surface area contributed by atoms with Crippen molar-refractivity contribution in [3.8, 4) is 0 Å². The first-order valence-corrected chi connectivity index (χ1v) is 9.91. The highest BCUT2D eigenvalue weighted by Crippen LogP contribution is 2.37. The third-order valence-corrected chi connectivity index (χ3v) is 6.18. The van der Waals surface area contributed by atoms with E-state index in [4.69, 9.17) is 9.47 Å². The molecule has 0 spiro atoms. The zero-order chi connectivity index (χ0) is 21.1. The van der Waals surface area contributed by atoms with E-state index in [-0.39, 0.29) is 24.3 Å². The van der Waals surface area contributed by atoms with Gasteiger partial charge in [0.15, 0.2) is 5.78 Å². The quantitative estimate of drug-likeness (QED) is 0.650. The number of hydrogen-bond donors (Lipinski definition) is 1. The summed E-state index contributed by atoms with van der Waals surface area (Å²) in [7, 11) is 1.45. The molecule has 2 heterocycles. The summed E-state index contributed by atoms with van der Waals surface area (Å²) in [5, 5.41) is 9.40. The first kappa shape index (κ1) is 22.5. The van der Waals surface area contributed by atoms with Gasteiger partial charge in [0, 0.05) is 20.1 Å². The fraction of sp³-hybridized carbons (Fsp3) is 0.800. The Morgan fingerprint density at radius 2 is 1.89 bits per heavy atom. The third kappa shape index (κ3) is 4.60. The highest BCUT2D eigenvalue weighted by molar-refractivity contribution is 6.39. The van der Waals surface area contributed by atoms with Crippen LogP contribution in [-0.2, 0) is 28.7 Å². The number of amides is 1. The average Bonchev–Trinajstić information content (AvgIpc) is 2.67. The van der Waals surface area contributed by atoms with Gasteiger partial charge in [0.2, 0.25) is 0 Å². The second-order valence-corrected chi connectivity index (χ2v) is 8.07. The molecule has 0 bridgehead atoms. The first-order valence-electron chi connectivity index (χ1n) is 9.91. The molecule has 0 saturated carbocycles. The lowest BCUT2D eigenvalue weighted by Gasteiger charge is -2.43. The van der Waals surface area contributed by atoms with Crippen LogP contribution in [0.2, 0.25) is 0 Å². The van der Waals surface area contributed by atoms with Crippen molar-refractivity contribution in [1.29, 1.82) is 0 Å². The molecule has 158 valence electrons. The van der Waals surface area contributed by atoms with Crippen LogP contribution in [-0.4, -0.2) is 71.0 Å². The molecule has 28 heavy (non-hydrogen) atoms. The van der Waals surface area contributed by atoms with Gasteiger partial charge < -0.3 is 19.5 Å². The molecule has 0 aromatic heterocycles. The van der Waals surface area contributed by atoms with Gasteiger partial charge in [-0.1, -0.05) is 6.92 Å². The average molecular weight is 397 g/mol. The number of likely N-dealkylation sites (tertiary alicyclic amines) is 1. The van der Waals surface area contributed by atoms with Gasteiger partial charge in [-0.15, -0.1) is 0 Å². The molecule has 0 aromatic carbocycles. The summed E-state index contributed by atoms with van der Waals surface area (Å²) in [6.45, 7) is 5.14. The lowest BCUT2D eigenvalue weighted by atomic mass is 9.78. The molecule has 0 radical (unpaired) electrons. The number of aliphatic carboxylic acids is 1. The van der Waals surface area contributed by atoms with Crippen LogP contribution >= 0.6 is 0 Å². The second-order valence-electron chi connectivity index (χ2n) is 8.07. The minimum atomic E-state index is -1.35. The van der Waals surface area contributed by atoms with Crippen molar-refractivity contribution in [2.24, 2.45) is 5.92 Å². The SMILES string of the molecule is CO[C@@H](C[C@@H]1CC[C@@H](C)[C@](C)(C(=O)C(=O)N2CCCC[C@H]2C(=O)O)O1)C(C)=O. The minimum Gasteiger partial charge on any atom is -0.480 e. The fourth-order valence-electron chi connectivity index (χ4n) is 4.12. The smallest absolute Gasteiger partial charge is 0.326 e. The van der Waals surface area contributed by atoms with Crippen LogP contribution in [0.4, 0.5) is 0 Å². The van der Waals surface area contributed by atoms with Gasteiger partial charge in [-0.05, 0) is 51.9 Å². The van der Waals surface area contributed by atoms with Gasteiger partial charge in [0.25, 0.3) is 11.7 Å². The van der Waals surface area contributed by atoms with E-state index in [1.807, 2.05) is 6.92 Å².